The summed E-state index contributed by atoms with van der Waals surface area (Å²) in [5.41, 5.74) is 1.17. The molecule has 1 amide bonds. The fourth-order valence-corrected chi connectivity index (χ4v) is 2.81. The maximum atomic E-state index is 12.3. The number of carbonyl (C=O) groups is 1. The largest absolute Gasteiger partial charge is 0.339 e. The first-order valence-corrected chi connectivity index (χ1v) is 8.60. The Hall–Kier alpha value is -1.03. The fourth-order valence-electron chi connectivity index (χ4n) is 1.96. The zero-order chi connectivity index (χ0) is 14.8. The molecule has 0 aliphatic carbocycles. The van der Waals surface area contributed by atoms with Crippen molar-refractivity contribution in [3.05, 3.63) is 30.1 Å². The van der Waals surface area contributed by atoms with E-state index in [0.717, 1.165) is 31.6 Å². The summed E-state index contributed by atoms with van der Waals surface area (Å²) < 4.78 is 0. The zero-order valence-corrected chi connectivity index (χ0v) is 13.7. The molecular weight excluding hydrogens is 268 g/mol. The summed E-state index contributed by atoms with van der Waals surface area (Å²) in [5, 5.41) is 0. The molecule has 0 N–H and O–H groups in total. The Kier molecular flexibility index (Phi) is 8.35. The van der Waals surface area contributed by atoms with Crippen molar-refractivity contribution >= 4 is 17.7 Å². The highest BCUT2D eigenvalue weighted by Crippen LogP contribution is 2.14. The maximum Gasteiger partial charge on any atom is 0.232 e. The van der Waals surface area contributed by atoms with Crippen molar-refractivity contribution in [2.24, 2.45) is 0 Å². The molecule has 1 atom stereocenters. The summed E-state index contributed by atoms with van der Waals surface area (Å²) >= 11 is 1.67. The standard InChI is InChI=1S/C16H26N2OS/c1-4-6-10-18(14(3)5-2)16(19)13-20-12-15-8-7-9-17-11-15/h7-9,11,14H,4-6,10,12-13H2,1-3H3. The van der Waals surface area contributed by atoms with Gasteiger partial charge < -0.3 is 4.90 Å². The highest BCUT2D eigenvalue weighted by molar-refractivity contribution is 7.99. The summed E-state index contributed by atoms with van der Waals surface area (Å²) in [6.07, 6.45) is 6.87. The second-order valence-electron chi connectivity index (χ2n) is 5.05. The molecule has 0 radical (unpaired) electrons. The van der Waals surface area contributed by atoms with Crippen LogP contribution in [0.25, 0.3) is 0 Å². The van der Waals surface area contributed by atoms with Gasteiger partial charge in [-0.05, 0) is 31.4 Å². The van der Waals surface area contributed by atoms with Gasteiger partial charge in [-0.1, -0.05) is 26.3 Å². The number of amides is 1. The van der Waals surface area contributed by atoms with Crippen LogP contribution < -0.4 is 0 Å². The van der Waals surface area contributed by atoms with Gasteiger partial charge in [0, 0.05) is 30.7 Å². The molecule has 0 aliphatic heterocycles. The molecule has 0 saturated carbocycles. The van der Waals surface area contributed by atoms with Gasteiger partial charge in [0.25, 0.3) is 0 Å². The van der Waals surface area contributed by atoms with Crippen LogP contribution in [-0.4, -0.2) is 34.1 Å². The van der Waals surface area contributed by atoms with Gasteiger partial charge in [-0.15, -0.1) is 11.8 Å². The molecule has 0 spiro atoms. The molecule has 4 heteroatoms. The molecule has 1 aromatic rings. The average Bonchev–Trinajstić information content (AvgIpc) is 2.48. The van der Waals surface area contributed by atoms with Gasteiger partial charge in [-0.2, -0.15) is 0 Å². The monoisotopic (exact) mass is 294 g/mol. The number of pyridine rings is 1. The SMILES string of the molecule is CCCCN(C(=O)CSCc1cccnc1)C(C)CC. The molecule has 1 aromatic heterocycles. The minimum absolute atomic E-state index is 0.265. The van der Waals surface area contributed by atoms with Gasteiger partial charge in [-0.3, -0.25) is 9.78 Å². The lowest BCUT2D eigenvalue weighted by molar-refractivity contribution is -0.130. The van der Waals surface area contributed by atoms with Gasteiger partial charge >= 0.3 is 0 Å². The number of aromatic nitrogens is 1. The average molecular weight is 294 g/mol. The van der Waals surface area contributed by atoms with Crippen molar-refractivity contribution in [3.63, 3.8) is 0 Å². The molecule has 1 heterocycles. The van der Waals surface area contributed by atoms with Gasteiger partial charge in [-0.25, -0.2) is 0 Å². The predicted octanol–water partition coefficient (Wildman–Crippen LogP) is 3.74. The summed E-state index contributed by atoms with van der Waals surface area (Å²) in [7, 11) is 0. The number of nitrogens with zero attached hydrogens (tertiary/aromatic N) is 2. The number of unbranched alkanes of at least 4 members (excludes halogenated alkanes) is 1. The van der Waals surface area contributed by atoms with Crippen LogP contribution in [0.5, 0.6) is 0 Å². The molecule has 0 saturated heterocycles. The normalized spacial score (nSPS) is 12.2. The topological polar surface area (TPSA) is 33.2 Å². The Bertz CT molecular complexity index is 383. The molecule has 1 unspecified atom stereocenters. The lowest BCUT2D eigenvalue weighted by atomic mass is 10.2. The third-order valence-electron chi connectivity index (χ3n) is 3.41. The van der Waals surface area contributed by atoms with Crippen LogP contribution in [0.4, 0.5) is 0 Å². The third-order valence-corrected chi connectivity index (χ3v) is 4.40. The minimum atomic E-state index is 0.265. The molecule has 20 heavy (non-hydrogen) atoms. The molecular formula is C16H26N2OS. The second kappa shape index (κ2) is 9.81. The first-order valence-electron chi connectivity index (χ1n) is 7.45. The fraction of sp³-hybridized carbons (Fsp3) is 0.625. The van der Waals surface area contributed by atoms with E-state index in [-0.39, 0.29) is 5.91 Å². The summed E-state index contributed by atoms with van der Waals surface area (Å²) in [4.78, 5) is 18.5. The van der Waals surface area contributed by atoms with Crippen molar-refractivity contribution < 1.29 is 4.79 Å². The van der Waals surface area contributed by atoms with E-state index in [1.807, 2.05) is 23.2 Å². The molecule has 0 bridgehead atoms. The Morgan fingerprint density at radius 3 is 2.85 bits per heavy atom. The predicted molar refractivity (Wildman–Crippen MR) is 86.8 cm³/mol. The minimum Gasteiger partial charge on any atom is -0.339 e. The third kappa shape index (κ3) is 5.95. The van der Waals surface area contributed by atoms with E-state index in [1.165, 1.54) is 5.56 Å². The van der Waals surface area contributed by atoms with E-state index in [2.05, 4.69) is 25.8 Å². The molecule has 3 nitrogen and oxygen atoms in total. The number of rotatable bonds is 9. The van der Waals surface area contributed by atoms with Crippen molar-refractivity contribution in [2.75, 3.05) is 12.3 Å². The summed E-state index contributed by atoms with van der Waals surface area (Å²) in [5.74, 6) is 1.67. The van der Waals surface area contributed by atoms with Gasteiger partial charge in [0.2, 0.25) is 5.91 Å². The maximum absolute atomic E-state index is 12.3. The Morgan fingerprint density at radius 1 is 1.45 bits per heavy atom. The molecule has 0 fully saturated rings. The van der Waals surface area contributed by atoms with E-state index >= 15 is 0 Å². The molecule has 1 rings (SSSR count). The zero-order valence-electron chi connectivity index (χ0n) is 12.8. The molecule has 112 valence electrons. The number of thioether (sulfide) groups is 1. The van der Waals surface area contributed by atoms with Crippen LogP contribution in [0, 0.1) is 0 Å². The van der Waals surface area contributed by atoms with Crippen LogP contribution in [0.3, 0.4) is 0 Å². The van der Waals surface area contributed by atoms with Gasteiger partial charge in [0.15, 0.2) is 0 Å². The highest BCUT2D eigenvalue weighted by Gasteiger charge is 2.17. The smallest absolute Gasteiger partial charge is 0.232 e. The van der Waals surface area contributed by atoms with Crippen LogP contribution in [0.15, 0.2) is 24.5 Å². The van der Waals surface area contributed by atoms with Gasteiger partial charge in [0.05, 0.1) is 5.75 Å². The van der Waals surface area contributed by atoms with Crippen molar-refractivity contribution in [2.45, 2.75) is 51.8 Å². The van der Waals surface area contributed by atoms with E-state index in [9.17, 15) is 4.79 Å². The van der Waals surface area contributed by atoms with Crippen molar-refractivity contribution in [1.29, 1.82) is 0 Å². The van der Waals surface area contributed by atoms with Crippen LogP contribution in [0.2, 0.25) is 0 Å². The lowest BCUT2D eigenvalue weighted by Gasteiger charge is -2.28. The van der Waals surface area contributed by atoms with Crippen molar-refractivity contribution in [1.82, 2.24) is 9.88 Å². The van der Waals surface area contributed by atoms with E-state index in [1.54, 1.807) is 18.0 Å². The molecule has 0 aliphatic rings. The van der Waals surface area contributed by atoms with Crippen molar-refractivity contribution in [3.8, 4) is 0 Å². The number of hydrogen-bond acceptors (Lipinski definition) is 3. The van der Waals surface area contributed by atoms with E-state index in [4.69, 9.17) is 0 Å². The van der Waals surface area contributed by atoms with E-state index in [0.29, 0.717) is 11.8 Å². The Balaban J connectivity index is 2.41. The first kappa shape index (κ1) is 17.0. The van der Waals surface area contributed by atoms with Gasteiger partial charge in [0.1, 0.15) is 0 Å². The summed E-state index contributed by atoms with van der Waals surface area (Å²) in [6.45, 7) is 7.33. The lowest BCUT2D eigenvalue weighted by Crippen LogP contribution is -2.40. The highest BCUT2D eigenvalue weighted by atomic mass is 32.2. The number of carbonyl (C=O) groups excluding carboxylic acids is 1. The Morgan fingerprint density at radius 2 is 2.25 bits per heavy atom. The number of hydrogen-bond donors (Lipinski definition) is 0. The summed E-state index contributed by atoms with van der Waals surface area (Å²) in [6, 6.07) is 4.33. The van der Waals surface area contributed by atoms with Crippen LogP contribution in [-0.2, 0) is 10.5 Å². The van der Waals surface area contributed by atoms with Crippen LogP contribution >= 0.6 is 11.8 Å². The van der Waals surface area contributed by atoms with Crippen LogP contribution in [0.1, 0.15) is 45.6 Å². The quantitative estimate of drug-likeness (QED) is 0.695. The second-order valence-corrected chi connectivity index (χ2v) is 6.04. The first-order chi connectivity index (χ1) is 9.69. The van der Waals surface area contributed by atoms with E-state index < -0.39 is 0 Å². The molecule has 0 aromatic carbocycles. The Labute approximate surface area is 127 Å².